The van der Waals surface area contributed by atoms with Gasteiger partial charge in [-0.25, -0.2) is 4.79 Å². The van der Waals surface area contributed by atoms with Crippen LogP contribution in [0.5, 0.6) is 0 Å². The molecule has 0 saturated carbocycles. The SMILES string of the molecule is COC(=O)c1cc(N2CCC(C)C(C)C2)cc(C)c1N. The predicted molar refractivity (Wildman–Crippen MR) is 82.1 cm³/mol. The average Bonchev–Trinajstić information content (AvgIpc) is 2.44. The number of aryl methyl sites for hydroxylation is 1. The summed E-state index contributed by atoms with van der Waals surface area (Å²) in [5.74, 6) is 1.04. The lowest BCUT2D eigenvalue weighted by Crippen LogP contribution is -2.38. The second-order valence-corrected chi connectivity index (χ2v) is 5.90. The molecule has 4 nitrogen and oxygen atoms in total. The molecule has 1 aromatic carbocycles. The van der Waals surface area contributed by atoms with Crippen LogP contribution in [0.1, 0.15) is 36.2 Å². The third-order valence-corrected chi connectivity index (χ3v) is 4.48. The molecule has 1 aliphatic rings. The molecule has 0 spiro atoms. The van der Waals surface area contributed by atoms with Crippen molar-refractivity contribution in [1.29, 1.82) is 0 Å². The van der Waals surface area contributed by atoms with E-state index >= 15 is 0 Å². The molecule has 4 heteroatoms. The summed E-state index contributed by atoms with van der Waals surface area (Å²) in [6.07, 6.45) is 1.18. The van der Waals surface area contributed by atoms with Gasteiger partial charge in [0.15, 0.2) is 0 Å². The minimum atomic E-state index is -0.370. The lowest BCUT2D eigenvalue weighted by molar-refractivity contribution is 0.0602. The second kappa shape index (κ2) is 5.73. The second-order valence-electron chi connectivity index (χ2n) is 5.90. The van der Waals surface area contributed by atoms with Crippen molar-refractivity contribution in [2.45, 2.75) is 27.2 Å². The maximum atomic E-state index is 11.8. The quantitative estimate of drug-likeness (QED) is 0.666. The zero-order valence-corrected chi connectivity index (χ0v) is 12.8. The van der Waals surface area contributed by atoms with Gasteiger partial charge in [-0.2, -0.15) is 0 Å². The molecule has 0 amide bonds. The Bertz CT molecular complexity index is 513. The third kappa shape index (κ3) is 2.74. The Balaban J connectivity index is 2.33. The van der Waals surface area contributed by atoms with Gasteiger partial charge in [0.25, 0.3) is 0 Å². The Morgan fingerprint density at radius 3 is 2.65 bits per heavy atom. The van der Waals surface area contributed by atoms with Gasteiger partial charge in [0.05, 0.1) is 12.7 Å². The lowest BCUT2D eigenvalue weighted by Gasteiger charge is -2.37. The van der Waals surface area contributed by atoms with Crippen molar-refractivity contribution in [1.82, 2.24) is 0 Å². The summed E-state index contributed by atoms with van der Waals surface area (Å²) in [5, 5.41) is 0. The summed E-state index contributed by atoms with van der Waals surface area (Å²) in [4.78, 5) is 14.2. The van der Waals surface area contributed by atoms with E-state index in [0.29, 0.717) is 17.2 Å². The molecule has 2 unspecified atom stereocenters. The first-order chi connectivity index (χ1) is 9.43. The predicted octanol–water partition coefficient (Wildman–Crippen LogP) is 2.85. The minimum absolute atomic E-state index is 0.370. The summed E-state index contributed by atoms with van der Waals surface area (Å²) < 4.78 is 4.82. The number of esters is 1. The normalized spacial score (nSPS) is 22.7. The molecule has 0 aliphatic carbocycles. The largest absolute Gasteiger partial charge is 0.465 e. The van der Waals surface area contributed by atoms with Gasteiger partial charge in [0, 0.05) is 24.5 Å². The van der Waals surface area contributed by atoms with Crippen LogP contribution >= 0.6 is 0 Å². The number of hydrogen-bond donors (Lipinski definition) is 1. The first kappa shape index (κ1) is 14.7. The number of nitrogen functional groups attached to an aromatic ring is 1. The monoisotopic (exact) mass is 276 g/mol. The van der Waals surface area contributed by atoms with Crippen LogP contribution in [-0.2, 0) is 4.74 Å². The van der Waals surface area contributed by atoms with E-state index in [1.807, 2.05) is 13.0 Å². The van der Waals surface area contributed by atoms with Crippen LogP contribution in [0.4, 0.5) is 11.4 Å². The van der Waals surface area contributed by atoms with E-state index in [-0.39, 0.29) is 5.97 Å². The molecule has 1 aromatic rings. The van der Waals surface area contributed by atoms with Crippen LogP contribution in [0.3, 0.4) is 0 Å². The van der Waals surface area contributed by atoms with Gasteiger partial charge in [-0.15, -0.1) is 0 Å². The molecular formula is C16H24N2O2. The fourth-order valence-corrected chi connectivity index (χ4v) is 2.74. The highest BCUT2D eigenvalue weighted by molar-refractivity contribution is 5.97. The molecule has 0 bridgehead atoms. The van der Waals surface area contributed by atoms with Crippen molar-refractivity contribution in [3.8, 4) is 0 Å². The number of ether oxygens (including phenoxy) is 1. The Morgan fingerprint density at radius 2 is 2.05 bits per heavy atom. The van der Waals surface area contributed by atoms with Crippen molar-refractivity contribution in [2.24, 2.45) is 11.8 Å². The van der Waals surface area contributed by atoms with E-state index in [4.69, 9.17) is 10.5 Å². The van der Waals surface area contributed by atoms with E-state index in [9.17, 15) is 4.79 Å². The van der Waals surface area contributed by atoms with Crippen LogP contribution < -0.4 is 10.6 Å². The van der Waals surface area contributed by atoms with Crippen LogP contribution in [-0.4, -0.2) is 26.2 Å². The zero-order valence-electron chi connectivity index (χ0n) is 12.8. The van der Waals surface area contributed by atoms with Crippen molar-refractivity contribution in [2.75, 3.05) is 30.8 Å². The van der Waals surface area contributed by atoms with E-state index in [0.717, 1.165) is 30.3 Å². The van der Waals surface area contributed by atoms with Crippen LogP contribution in [0.2, 0.25) is 0 Å². The fraction of sp³-hybridized carbons (Fsp3) is 0.562. The molecule has 1 fully saturated rings. The number of methoxy groups -OCH3 is 1. The van der Waals surface area contributed by atoms with E-state index in [1.165, 1.54) is 13.5 Å². The number of anilines is 2. The highest BCUT2D eigenvalue weighted by atomic mass is 16.5. The number of hydrogen-bond acceptors (Lipinski definition) is 4. The highest BCUT2D eigenvalue weighted by Crippen LogP contribution is 2.31. The standard InChI is InChI=1S/C16H24N2O2/c1-10-5-6-18(9-12(10)3)13-7-11(2)15(17)14(8-13)16(19)20-4/h7-8,10,12H,5-6,9,17H2,1-4H3. The van der Waals surface area contributed by atoms with Gasteiger partial charge in [0.1, 0.15) is 0 Å². The summed E-state index contributed by atoms with van der Waals surface area (Å²) >= 11 is 0. The maximum Gasteiger partial charge on any atom is 0.340 e. The molecule has 110 valence electrons. The molecule has 0 radical (unpaired) electrons. The van der Waals surface area contributed by atoms with Crippen molar-refractivity contribution >= 4 is 17.3 Å². The summed E-state index contributed by atoms with van der Waals surface area (Å²) in [7, 11) is 1.38. The van der Waals surface area contributed by atoms with Crippen molar-refractivity contribution in [3.63, 3.8) is 0 Å². The minimum Gasteiger partial charge on any atom is -0.465 e. The highest BCUT2D eigenvalue weighted by Gasteiger charge is 2.24. The van der Waals surface area contributed by atoms with Gasteiger partial charge in [-0.05, 0) is 42.9 Å². The van der Waals surface area contributed by atoms with E-state index < -0.39 is 0 Å². The van der Waals surface area contributed by atoms with E-state index in [1.54, 1.807) is 0 Å². The van der Waals surface area contributed by atoms with Gasteiger partial charge in [-0.1, -0.05) is 13.8 Å². The number of carbonyl (C=O) groups excluding carboxylic acids is 1. The Kier molecular flexibility index (Phi) is 4.21. The Morgan fingerprint density at radius 1 is 1.35 bits per heavy atom. The number of nitrogens with two attached hydrogens (primary N) is 1. The fourth-order valence-electron chi connectivity index (χ4n) is 2.74. The third-order valence-electron chi connectivity index (χ3n) is 4.48. The molecule has 2 atom stereocenters. The number of rotatable bonds is 2. The summed E-state index contributed by atoms with van der Waals surface area (Å²) in [6.45, 7) is 8.56. The van der Waals surface area contributed by atoms with Gasteiger partial charge >= 0.3 is 5.97 Å². The Hall–Kier alpha value is -1.71. The van der Waals surface area contributed by atoms with Gasteiger partial charge in [0.2, 0.25) is 0 Å². The molecule has 1 saturated heterocycles. The zero-order chi connectivity index (χ0) is 14.9. The summed E-state index contributed by atoms with van der Waals surface area (Å²) in [5.41, 5.74) is 8.96. The van der Waals surface area contributed by atoms with E-state index in [2.05, 4.69) is 24.8 Å². The molecular weight excluding hydrogens is 252 g/mol. The first-order valence-corrected chi connectivity index (χ1v) is 7.17. The maximum absolute atomic E-state index is 11.8. The van der Waals surface area contributed by atoms with Crippen LogP contribution in [0, 0.1) is 18.8 Å². The number of carbonyl (C=O) groups is 1. The average molecular weight is 276 g/mol. The summed E-state index contributed by atoms with van der Waals surface area (Å²) in [6, 6.07) is 3.92. The Labute approximate surface area is 120 Å². The van der Waals surface area contributed by atoms with Gasteiger partial charge in [-0.3, -0.25) is 0 Å². The smallest absolute Gasteiger partial charge is 0.340 e. The molecule has 20 heavy (non-hydrogen) atoms. The molecule has 1 aliphatic heterocycles. The van der Waals surface area contributed by atoms with Gasteiger partial charge < -0.3 is 15.4 Å². The number of benzene rings is 1. The van der Waals surface area contributed by atoms with Crippen LogP contribution in [0.15, 0.2) is 12.1 Å². The number of nitrogens with zero attached hydrogens (tertiary/aromatic N) is 1. The van der Waals surface area contributed by atoms with Crippen molar-refractivity contribution in [3.05, 3.63) is 23.3 Å². The molecule has 2 N–H and O–H groups in total. The first-order valence-electron chi connectivity index (χ1n) is 7.17. The molecule has 1 heterocycles. The van der Waals surface area contributed by atoms with Crippen molar-refractivity contribution < 1.29 is 9.53 Å². The topological polar surface area (TPSA) is 55.6 Å². The van der Waals surface area contributed by atoms with Crippen LogP contribution in [0.25, 0.3) is 0 Å². The molecule has 0 aromatic heterocycles. The number of piperidine rings is 1. The molecule has 2 rings (SSSR count). The lowest BCUT2D eigenvalue weighted by atomic mass is 9.88.